The molecular formula is C20H22N2O4. The van der Waals surface area contributed by atoms with E-state index >= 15 is 0 Å². The van der Waals surface area contributed by atoms with Crippen LogP contribution in [0.4, 0.5) is 0 Å². The molecule has 6 heteroatoms. The highest BCUT2D eigenvalue weighted by atomic mass is 16.4. The van der Waals surface area contributed by atoms with Gasteiger partial charge in [0.1, 0.15) is 5.54 Å². The average molecular weight is 354 g/mol. The van der Waals surface area contributed by atoms with E-state index in [4.69, 9.17) is 0 Å². The van der Waals surface area contributed by atoms with Crippen molar-refractivity contribution in [2.75, 3.05) is 13.1 Å². The van der Waals surface area contributed by atoms with Crippen molar-refractivity contribution >= 4 is 28.6 Å². The number of carbonyl (C=O) groups is 3. The van der Waals surface area contributed by atoms with Gasteiger partial charge in [-0.2, -0.15) is 0 Å². The molecule has 1 atom stereocenters. The number of carboxylic acid groups (broad SMARTS) is 1. The van der Waals surface area contributed by atoms with Gasteiger partial charge in [-0.3, -0.25) is 9.59 Å². The minimum Gasteiger partial charge on any atom is -0.480 e. The Bertz CT molecular complexity index is 859. The Hall–Kier alpha value is -2.89. The van der Waals surface area contributed by atoms with Crippen LogP contribution in [0.3, 0.4) is 0 Å². The monoisotopic (exact) mass is 354 g/mol. The van der Waals surface area contributed by atoms with Crippen LogP contribution in [-0.2, 0) is 20.8 Å². The molecule has 6 nitrogen and oxygen atoms in total. The van der Waals surface area contributed by atoms with Crippen LogP contribution < -0.4 is 5.32 Å². The number of fused-ring (bicyclic) bond motifs is 1. The highest BCUT2D eigenvalue weighted by Gasteiger charge is 2.45. The standard InChI is InChI=1S/C20H22N2O4/c1-20(19(25)26)10-5-11-22(20)18(24)13-21-17(23)12-15-8-4-7-14-6-2-3-9-16(14)15/h2-4,6-9H,5,10-13H2,1H3,(H,21,23)(H,25,26). The zero-order valence-corrected chi connectivity index (χ0v) is 14.7. The molecule has 136 valence electrons. The Labute approximate surface area is 151 Å². The van der Waals surface area contributed by atoms with Crippen LogP contribution in [0.2, 0.25) is 0 Å². The van der Waals surface area contributed by atoms with Crippen LogP contribution in [-0.4, -0.2) is 46.4 Å². The van der Waals surface area contributed by atoms with Crippen LogP contribution in [0.25, 0.3) is 10.8 Å². The van der Waals surface area contributed by atoms with Crippen LogP contribution in [0.5, 0.6) is 0 Å². The maximum Gasteiger partial charge on any atom is 0.329 e. The number of rotatable bonds is 5. The number of hydrogen-bond acceptors (Lipinski definition) is 3. The van der Waals surface area contributed by atoms with Gasteiger partial charge in [-0.15, -0.1) is 0 Å². The van der Waals surface area contributed by atoms with E-state index in [1.165, 1.54) is 4.90 Å². The number of benzene rings is 2. The maximum absolute atomic E-state index is 12.4. The average Bonchev–Trinajstić information content (AvgIpc) is 3.03. The Morgan fingerprint density at radius 3 is 2.65 bits per heavy atom. The number of carboxylic acids is 1. The van der Waals surface area contributed by atoms with Gasteiger partial charge >= 0.3 is 5.97 Å². The predicted molar refractivity (Wildman–Crippen MR) is 97.6 cm³/mol. The number of amides is 2. The van der Waals surface area contributed by atoms with Gasteiger partial charge in [0.05, 0.1) is 13.0 Å². The van der Waals surface area contributed by atoms with E-state index in [1.54, 1.807) is 6.92 Å². The fourth-order valence-electron chi connectivity index (χ4n) is 3.54. The Balaban J connectivity index is 1.62. The third kappa shape index (κ3) is 3.40. The van der Waals surface area contributed by atoms with Crippen LogP contribution in [0.1, 0.15) is 25.3 Å². The van der Waals surface area contributed by atoms with Crippen molar-refractivity contribution in [1.82, 2.24) is 10.2 Å². The second-order valence-corrected chi connectivity index (χ2v) is 6.82. The quantitative estimate of drug-likeness (QED) is 0.859. The van der Waals surface area contributed by atoms with Crippen LogP contribution in [0.15, 0.2) is 42.5 Å². The number of aliphatic carboxylic acids is 1. The highest BCUT2D eigenvalue weighted by molar-refractivity contribution is 5.93. The zero-order valence-electron chi connectivity index (χ0n) is 14.7. The summed E-state index contributed by atoms with van der Waals surface area (Å²) >= 11 is 0. The molecule has 2 aromatic carbocycles. The molecule has 2 amide bonds. The van der Waals surface area contributed by atoms with E-state index in [1.807, 2.05) is 42.5 Å². The first-order valence-corrected chi connectivity index (χ1v) is 8.69. The van der Waals surface area contributed by atoms with Gasteiger partial charge in [0.15, 0.2) is 0 Å². The molecule has 1 unspecified atom stereocenters. The van der Waals surface area contributed by atoms with Gasteiger partial charge in [-0.1, -0.05) is 42.5 Å². The summed E-state index contributed by atoms with van der Waals surface area (Å²) in [6.07, 6.45) is 1.25. The molecule has 2 N–H and O–H groups in total. The summed E-state index contributed by atoms with van der Waals surface area (Å²) in [5.41, 5.74) is -0.290. The minimum atomic E-state index is -1.18. The van der Waals surface area contributed by atoms with Crippen molar-refractivity contribution in [3.8, 4) is 0 Å². The second kappa shape index (κ2) is 7.15. The lowest BCUT2D eigenvalue weighted by Crippen LogP contribution is -2.53. The lowest BCUT2D eigenvalue weighted by molar-refractivity contribution is -0.155. The first-order chi connectivity index (χ1) is 12.4. The van der Waals surface area contributed by atoms with Gasteiger partial charge in [-0.25, -0.2) is 4.79 Å². The SMILES string of the molecule is CC1(C(=O)O)CCCN1C(=O)CNC(=O)Cc1cccc2ccccc12. The molecule has 3 rings (SSSR count). The number of hydrogen-bond donors (Lipinski definition) is 2. The third-order valence-corrected chi connectivity index (χ3v) is 5.07. The molecule has 26 heavy (non-hydrogen) atoms. The van der Waals surface area contributed by atoms with Crippen LogP contribution in [0, 0.1) is 0 Å². The Morgan fingerprint density at radius 1 is 1.15 bits per heavy atom. The molecule has 0 spiro atoms. The lowest BCUT2D eigenvalue weighted by Gasteiger charge is -2.31. The summed E-state index contributed by atoms with van der Waals surface area (Å²) in [5.74, 6) is -1.63. The van der Waals surface area contributed by atoms with E-state index in [-0.39, 0.29) is 24.8 Å². The molecule has 0 aromatic heterocycles. The van der Waals surface area contributed by atoms with Crippen LogP contribution >= 0.6 is 0 Å². The molecule has 0 radical (unpaired) electrons. The largest absolute Gasteiger partial charge is 0.480 e. The van der Waals surface area contributed by atoms with E-state index in [0.717, 1.165) is 16.3 Å². The van der Waals surface area contributed by atoms with Gasteiger partial charge < -0.3 is 15.3 Å². The van der Waals surface area contributed by atoms with Gasteiger partial charge in [0.25, 0.3) is 0 Å². The number of nitrogens with one attached hydrogen (secondary N) is 1. The van der Waals surface area contributed by atoms with Crippen molar-refractivity contribution in [2.24, 2.45) is 0 Å². The van der Waals surface area contributed by atoms with Crippen molar-refractivity contribution in [3.63, 3.8) is 0 Å². The van der Waals surface area contributed by atoms with Gasteiger partial charge in [0.2, 0.25) is 11.8 Å². The molecule has 2 aromatic rings. The molecule has 1 aliphatic rings. The number of likely N-dealkylation sites (tertiary alicyclic amines) is 1. The van der Waals surface area contributed by atoms with E-state index < -0.39 is 11.5 Å². The van der Waals surface area contributed by atoms with Crippen molar-refractivity contribution in [2.45, 2.75) is 31.7 Å². The summed E-state index contributed by atoms with van der Waals surface area (Å²) in [5, 5.41) is 14.1. The molecule has 1 fully saturated rings. The fourth-order valence-corrected chi connectivity index (χ4v) is 3.54. The molecule has 1 saturated heterocycles. The Kier molecular flexibility index (Phi) is 4.93. The molecule has 1 aliphatic heterocycles. The summed E-state index contributed by atoms with van der Waals surface area (Å²) < 4.78 is 0. The smallest absolute Gasteiger partial charge is 0.329 e. The van der Waals surface area contributed by atoms with Crippen molar-refractivity contribution < 1.29 is 19.5 Å². The third-order valence-electron chi connectivity index (χ3n) is 5.07. The van der Waals surface area contributed by atoms with E-state index in [0.29, 0.717) is 19.4 Å². The van der Waals surface area contributed by atoms with Gasteiger partial charge in [0, 0.05) is 6.54 Å². The molecule has 1 heterocycles. The van der Waals surface area contributed by atoms with E-state index in [2.05, 4.69) is 5.32 Å². The normalized spacial score (nSPS) is 19.5. The number of carbonyl (C=O) groups excluding carboxylic acids is 2. The second-order valence-electron chi connectivity index (χ2n) is 6.82. The summed E-state index contributed by atoms with van der Waals surface area (Å²) in [4.78, 5) is 37.5. The lowest BCUT2D eigenvalue weighted by atomic mass is 9.99. The zero-order chi connectivity index (χ0) is 18.7. The van der Waals surface area contributed by atoms with Crippen molar-refractivity contribution in [1.29, 1.82) is 0 Å². The topological polar surface area (TPSA) is 86.7 Å². The predicted octanol–water partition coefficient (Wildman–Crippen LogP) is 1.96. The molecule has 0 saturated carbocycles. The number of nitrogens with zero attached hydrogens (tertiary/aromatic N) is 1. The van der Waals surface area contributed by atoms with E-state index in [9.17, 15) is 19.5 Å². The molecule has 0 aliphatic carbocycles. The molecular weight excluding hydrogens is 332 g/mol. The maximum atomic E-state index is 12.4. The minimum absolute atomic E-state index is 0.171. The summed E-state index contributed by atoms with van der Waals surface area (Å²) in [6, 6.07) is 13.6. The first kappa shape index (κ1) is 17.9. The molecule has 0 bridgehead atoms. The Morgan fingerprint density at radius 2 is 1.88 bits per heavy atom. The summed E-state index contributed by atoms with van der Waals surface area (Å²) in [7, 11) is 0. The van der Waals surface area contributed by atoms with Crippen molar-refractivity contribution in [3.05, 3.63) is 48.0 Å². The fraction of sp³-hybridized carbons (Fsp3) is 0.350. The summed E-state index contributed by atoms with van der Waals surface area (Å²) in [6.45, 7) is 1.77. The first-order valence-electron chi connectivity index (χ1n) is 8.69. The highest BCUT2D eigenvalue weighted by Crippen LogP contribution is 2.29. The van der Waals surface area contributed by atoms with Gasteiger partial charge in [-0.05, 0) is 36.1 Å².